The third-order valence-corrected chi connectivity index (χ3v) is 3.91. The number of benzene rings is 1. The molecule has 8 nitrogen and oxygen atoms in total. The molecule has 3 heterocycles. The average Bonchev–Trinajstić information content (AvgIpc) is 3.25. The Labute approximate surface area is 138 Å². The second-order valence-electron chi connectivity index (χ2n) is 5.62. The molecule has 0 amide bonds. The predicted octanol–water partition coefficient (Wildman–Crippen LogP) is 2.00. The van der Waals surface area contributed by atoms with Crippen LogP contribution in [0.4, 0.5) is 0 Å². The van der Waals surface area contributed by atoms with Crippen molar-refractivity contribution in [3.63, 3.8) is 0 Å². The molecule has 0 aliphatic carbocycles. The number of aryl methyl sites for hydroxylation is 1. The maximum absolute atomic E-state index is 5.55. The largest absolute Gasteiger partial charge is 0.378 e. The highest BCUT2D eigenvalue weighted by Crippen LogP contribution is 2.25. The van der Waals surface area contributed by atoms with Crippen LogP contribution in [0.5, 0.6) is 0 Å². The molecule has 1 atom stereocenters. The van der Waals surface area contributed by atoms with Gasteiger partial charge in [-0.05, 0) is 6.92 Å². The van der Waals surface area contributed by atoms with Gasteiger partial charge in [-0.3, -0.25) is 4.90 Å². The van der Waals surface area contributed by atoms with Gasteiger partial charge in [-0.1, -0.05) is 40.6 Å². The summed E-state index contributed by atoms with van der Waals surface area (Å²) in [5.74, 6) is 2.30. The van der Waals surface area contributed by atoms with Gasteiger partial charge in [0.1, 0.15) is 6.04 Å². The Morgan fingerprint density at radius 2 is 2.00 bits per heavy atom. The molecule has 1 fully saturated rings. The predicted molar refractivity (Wildman–Crippen MR) is 82.7 cm³/mol. The van der Waals surface area contributed by atoms with E-state index in [-0.39, 0.29) is 6.04 Å². The molecule has 1 aliphatic heterocycles. The fraction of sp³-hybridized carbons (Fsp3) is 0.375. The third-order valence-electron chi connectivity index (χ3n) is 3.91. The molecule has 8 heteroatoms. The molecule has 0 unspecified atom stereocenters. The van der Waals surface area contributed by atoms with Crippen LogP contribution < -0.4 is 0 Å². The van der Waals surface area contributed by atoms with Crippen LogP contribution in [0.25, 0.3) is 11.4 Å². The van der Waals surface area contributed by atoms with Crippen LogP contribution in [0.1, 0.15) is 23.6 Å². The Morgan fingerprint density at radius 3 is 2.79 bits per heavy atom. The highest BCUT2D eigenvalue weighted by molar-refractivity contribution is 5.53. The summed E-state index contributed by atoms with van der Waals surface area (Å²) in [4.78, 5) is 10.9. The zero-order valence-electron chi connectivity index (χ0n) is 13.3. The Kier molecular flexibility index (Phi) is 4.06. The zero-order valence-corrected chi connectivity index (χ0v) is 13.3. The van der Waals surface area contributed by atoms with E-state index < -0.39 is 0 Å². The van der Waals surface area contributed by atoms with Crippen LogP contribution in [-0.4, -0.2) is 44.9 Å². The van der Waals surface area contributed by atoms with Gasteiger partial charge >= 0.3 is 0 Å². The second kappa shape index (κ2) is 6.50. The molecular formula is C16H17N5O3. The van der Waals surface area contributed by atoms with E-state index in [1.807, 2.05) is 30.3 Å². The van der Waals surface area contributed by atoms with E-state index >= 15 is 0 Å². The highest BCUT2D eigenvalue weighted by Gasteiger charge is 2.30. The second-order valence-corrected chi connectivity index (χ2v) is 5.62. The van der Waals surface area contributed by atoms with Gasteiger partial charge in [-0.25, -0.2) is 0 Å². The summed E-state index contributed by atoms with van der Waals surface area (Å²) >= 11 is 0. The van der Waals surface area contributed by atoms with Gasteiger partial charge in [0.15, 0.2) is 5.82 Å². The van der Waals surface area contributed by atoms with Crippen molar-refractivity contribution in [3.8, 4) is 11.4 Å². The first kappa shape index (κ1) is 15.0. The lowest BCUT2D eigenvalue weighted by Crippen LogP contribution is -2.39. The van der Waals surface area contributed by atoms with Crippen molar-refractivity contribution in [3.05, 3.63) is 47.9 Å². The number of nitrogens with zero attached hydrogens (tertiary/aromatic N) is 5. The van der Waals surface area contributed by atoms with Gasteiger partial charge in [0.25, 0.3) is 0 Å². The van der Waals surface area contributed by atoms with E-state index in [2.05, 4.69) is 25.2 Å². The molecule has 0 N–H and O–H groups in total. The summed E-state index contributed by atoms with van der Waals surface area (Å²) in [5.41, 5.74) is 0.929. The molecular weight excluding hydrogens is 310 g/mol. The first-order chi connectivity index (χ1) is 11.8. The van der Waals surface area contributed by atoms with Gasteiger partial charge in [-0.15, -0.1) is 0 Å². The summed E-state index contributed by atoms with van der Waals surface area (Å²) in [6.07, 6.45) is 0. The van der Waals surface area contributed by atoms with Crippen molar-refractivity contribution in [2.75, 3.05) is 19.8 Å². The van der Waals surface area contributed by atoms with Crippen LogP contribution in [-0.2, 0) is 11.3 Å². The molecule has 1 saturated heterocycles. The Bertz CT molecular complexity index is 801. The molecule has 1 aliphatic rings. The first-order valence-electron chi connectivity index (χ1n) is 7.79. The minimum absolute atomic E-state index is 0.105. The fourth-order valence-electron chi connectivity index (χ4n) is 2.70. The summed E-state index contributed by atoms with van der Waals surface area (Å²) in [6, 6.07) is 9.64. The molecule has 3 aromatic rings. The smallest absolute Gasteiger partial charge is 0.246 e. The van der Waals surface area contributed by atoms with E-state index in [9.17, 15) is 0 Å². The van der Waals surface area contributed by atoms with Gasteiger partial charge in [0, 0.05) is 12.1 Å². The molecule has 24 heavy (non-hydrogen) atoms. The van der Waals surface area contributed by atoms with Crippen molar-refractivity contribution in [1.29, 1.82) is 0 Å². The van der Waals surface area contributed by atoms with Crippen LogP contribution in [0.2, 0.25) is 0 Å². The van der Waals surface area contributed by atoms with Crippen molar-refractivity contribution >= 4 is 0 Å². The summed E-state index contributed by atoms with van der Waals surface area (Å²) in [7, 11) is 0. The van der Waals surface area contributed by atoms with Gasteiger partial charge in [-0.2, -0.15) is 9.97 Å². The van der Waals surface area contributed by atoms with E-state index in [1.165, 1.54) is 0 Å². The number of ether oxygens (including phenoxy) is 1. The molecule has 0 bridgehead atoms. The molecule has 4 rings (SSSR count). The SMILES string of the molecule is Cc1noc([C@@H]2COCCN2Cc2nc(-c3ccccc3)no2)n1. The van der Waals surface area contributed by atoms with Crippen molar-refractivity contribution in [2.45, 2.75) is 19.5 Å². The van der Waals surface area contributed by atoms with Crippen LogP contribution in [0, 0.1) is 6.92 Å². The molecule has 0 spiro atoms. The van der Waals surface area contributed by atoms with Crippen LogP contribution >= 0.6 is 0 Å². The summed E-state index contributed by atoms with van der Waals surface area (Å²) < 4.78 is 16.2. The maximum Gasteiger partial charge on any atom is 0.246 e. The monoisotopic (exact) mass is 327 g/mol. The lowest BCUT2D eigenvalue weighted by Gasteiger charge is -2.31. The Morgan fingerprint density at radius 1 is 1.12 bits per heavy atom. The molecule has 0 saturated carbocycles. The number of hydrogen-bond acceptors (Lipinski definition) is 8. The van der Waals surface area contributed by atoms with E-state index in [1.54, 1.807) is 6.92 Å². The quantitative estimate of drug-likeness (QED) is 0.718. The minimum atomic E-state index is -0.105. The number of morpholine rings is 1. The number of aromatic nitrogens is 4. The molecule has 124 valence electrons. The fourth-order valence-corrected chi connectivity index (χ4v) is 2.70. The van der Waals surface area contributed by atoms with E-state index in [0.717, 1.165) is 12.1 Å². The Balaban J connectivity index is 1.52. The van der Waals surface area contributed by atoms with Crippen molar-refractivity contribution in [2.24, 2.45) is 0 Å². The first-order valence-corrected chi connectivity index (χ1v) is 7.79. The highest BCUT2D eigenvalue weighted by atomic mass is 16.5. The van der Waals surface area contributed by atoms with Crippen LogP contribution in [0.15, 0.2) is 39.4 Å². The minimum Gasteiger partial charge on any atom is -0.378 e. The Hall–Kier alpha value is -2.58. The molecule has 2 aromatic heterocycles. The normalized spacial score (nSPS) is 18.8. The topological polar surface area (TPSA) is 90.3 Å². The van der Waals surface area contributed by atoms with Crippen molar-refractivity contribution < 1.29 is 13.8 Å². The van der Waals surface area contributed by atoms with Gasteiger partial charge in [0.2, 0.25) is 17.6 Å². The third kappa shape index (κ3) is 3.06. The van der Waals surface area contributed by atoms with E-state index in [4.69, 9.17) is 13.8 Å². The standard InChI is InChI=1S/C16H17N5O3/c1-11-17-16(24-19-11)13-10-22-8-7-21(13)9-14-18-15(20-23-14)12-5-3-2-4-6-12/h2-6,13H,7-10H2,1H3/t13-/m0/s1. The van der Waals surface area contributed by atoms with Gasteiger partial charge < -0.3 is 13.8 Å². The maximum atomic E-state index is 5.55. The van der Waals surface area contributed by atoms with Gasteiger partial charge in [0.05, 0.1) is 19.8 Å². The van der Waals surface area contributed by atoms with Crippen molar-refractivity contribution in [1.82, 2.24) is 25.2 Å². The molecule has 1 aromatic carbocycles. The number of hydrogen-bond donors (Lipinski definition) is 0. The van der Waals surface area contributed by atoms with E-state index in [0.29, 0.717) is 43.2 Å². The van der Waals surface area contributed by atoms with Crippen LogP contribution in [0.3, 0.4) is 0 Å². The lowest BCUT2D eigenvalue weighted by atomic mass is 10.2. The number of rotatable bonds is 4. The summed E-state index contributed by atoms with van der Waals surface area (Å²) in [5, 5.41) is 7.92. The zero-order chi connectivity index (χ0) is 16.4. The molecule has 0 radical (unpaired) electrons. The lowest BCUT2D eigenvalue weighted by molar-refractivity contribution is -0.0279. The average molecular weight is 327 g/mol. The summed E-state index contributed by atoms with van der Waals surface area (Å²) in [6.45, 7) is 4.18.